The topological polar surface area (TPSA) is 96.0 Å². The van der Waals surface area contributed by atoms with Gasteiger partial charge < -0.3 is 15.0 Å². The zero-order valence-corrected chi connectivity index (χ0v) is 26.9. The van der Waals surface area contributed by atoms with E-state index in [1.54, 1.807) is 42.5 Å². The first-order chi connectivity index (χ1) is 21.7. The second kappa shape index (κ2) is 15.9. The molecule has 4 aromatic carbocycles. The van der Waals surface area contributed by atoms with Crippen molar-refractivity contribution >= 4 is 27.5 Å². The molecule has 0 spiro atoms. The Bertz CT molecular complexity index is 1650. The summed E-state index contributed by atoms with van der Waals surface area (Å²) in [5.74, 6) is -0.209. The van der Waals surface area contributed by atoms with E-state index in [4.69, 9.17) is 4.74 Å². The lowest BCUT2D eigenvalue weighted by molar-refractivity contribution is -0.140. The summed E-state index contributed by atoms with van der Waals surface area (Å²) in [7, 11) is -4.16. The van der Waals surface area contributed by atoms with Gasteiger partial charge in [-0.15, -0.1) is 0 Å². The Hall–Kier alpha value is -4.63. The van der Waals surface area contributed by atoms with Crippen LogP contribution in [0.4, 0.5) is 5.69 Å². The fourth-order valence-corrected chi connectivity index (χ4v) is 6.49. The molecular formula is C36H41N3O5S. The molecule has 1 atom stereocenters. The molecule has 1 unspecified atom stereocenters. The Kier molecular flexibility index (Phi) is 11.8. The number of nitrogens with one attached hydrogen (secondary N) is 1. The highest BCUT2D eigenvalue weighted by atomic mass is 32.2. The van der Waals surface area contributed by atoms with Crippen molar-refractivity contribution in [3.8, 4) is 5.75 Å². The van der Waals surface area contributed by atoms with Gasteiger partial charge in [-0.3, -0.25) is 13.9 Å². The first-order valence-corrected chi connectivity index (χ1v) is 16.6. The van der Waals surface area contributed by atoms with E-state index < -0.39 is 28.5 Å². The highest BCUT2D eigenvalue weighted by Gasteiger charge is 2.34. The Morgan fingerprint density at radius 2 is 1.47 bits per heavy atom. The van der Waals surface area contributed by atoms with Crippen LogP contribution >= 0.6 is 0 Å². The Balaban J connectivity index is 1.78. The van der Waals surface area contributed by atoms with Gasteiger partial charge in [-0.05, 0) is 67.8 Å². The molecule has 0 heterocycles. The Morgan fingerprint density at radius 1 is 0.822 bits per heavy atom. The van der Waals surface area contributed by atoms with Crippen molar-refractivity contribution in [1.82, 2.24) is 10.2 Å². The largest absolute Gasteiger partial charge is 0.494 e. The second-order valence-corrected chi connectivity index (χ2v) is 12.6. The molecule has 0 aliphatic rings. The summed E-state index contributed by atoms with van der Waals surface area (Å²) >= 11 is 0. The minimum Gasteiger partial charge on any atom is -0.494 e. The van der Waals surface area contributed by atoms with Crippen LogP contribution in [0.3, 0.4) is 0 Å². The van der Waals surface area contributed by atoms with Crippen molar-refractivity contribution in [3.05, 3.63) is 126 Å². The molecule has 4 aromatic rings. The summed E-state index contributed by atoms with van der Waals surface area (Å²) in [5.41, 5.74) is 3.04. The predicted octanol–water partition coefficient (Wildman–Crippen LogP) is 5.76. The van der Waals surface area contributed by atoms with Gasteiger partial charge >= 0.3 is 0 Å². The number of sulfonamides is 1. The first kappa shape index (κ1) is 33.3. The molecule has 8 nitrogen and oxygen atoms in total. The van der Waals surface area contributed by atoms with E-state index in [1.165, 1.54) is 17.0 Å². The number of carbonyl (C=O) groups excluding carboxylic acids is 2. The molecular weight excluding hydrogens is 586 g/mol. The molecule has 9 heteroatoms. The Morgan fingerprint density at radius 3 is 2.09 bits per heavy atom. The number of ether oxygens (including phenoxy) is 1. The number of hydrogen-bond donors (Lipinski definition) is 1. The maximum Gasteiger partial charge on any atom is 0.264 e. The van der Waals surface area contributed by atoms with E-state index >= 15 is 0 Å². The number of benzene rings is 4. The van der Waals surface area contributed by atoms with Crippen LogP contribution in [-0.2, 0) is 32.6 Å². The molecule has 0 saturated carbocycles. The minimum absolute atomic E-state index is 0.0541. The van der Waals surface area contributed by atoms with Crippen LogP contribution < -0.4 is 14.4 Å². The lowest BCUT2D eigenvalue weighted by atomic mass is 10.0. The molecule has 0 bridgehead atoms. The molecule has 0 aliphatic carbocycles. The van der Waals surface area contributed by atoms with E-state index in [2.05, 4.69) is 5.32 Å². The summed E-state index contributed by atoms with van der Waals surface area (Å²) < 4.78 is 34.8. The van der Waals surface area contributed by atoms with Crippen molar-refractivity contribution in [2.45, 2.75) is 51.1 Å². The maximum absolute atomic E-state index is 14.5. The second-order valence-electron chi connectivity index (χ2n) is 10.8. The van der Waals surface area contributed by atoms with Crippen LogP contribution in [0.2, 0.25) is 0 Å². The van der Waals surface area contributed by atoms with Gasteiger partial charge in [0.1, 0.15) is 18.3 Å². The summed E-state index contributed by atoms with van der Waals surface area (Å²) in [6, 6.07) is 31.0. The quantitative estimate of drug-likeness (QED) is 0.181. The average Bonchev–Trinajstić information content (AvgIpc) is 3.05. The molecule has 236 valence electrons. The van der Waals surface area contributed by atoms with E-state index in [-0.39, 0.29) is 23.8 Å². The van der Waals surface area contributed by atoms with Gasteiger partial charge in [-0.1, -0.05) is 85.3 Å². The van der Waals surface area contributed by atoms with Gasteiger partial charge in [-0.25, -0.2) is 8.42 Å². The third-order valence-corrected chi connectivity index (χ3v) is 9.09. The first-order valence-electron chi connectivity index (χ1n) is 15.2. The molecule has 0 saturated heterocycles. The van der Waals surface area contributed by atoms with Crippen molar-refractivity contribution < 1.29 is 22.7 Å². The van der Waals surface area contributed by atoms with E-state index in [0.717, 1.165) is 27.4 Å². The maximum atomic E-state index is 14.5. The summed E-state index contributed by atoms with van der Waals surface area (Å²) in [6.45, 7) is 6.32. The van der Waals surface area contributed by atoms with Crippen LogP contribution in [0.1, 0.15) is 37.0 Å². The van der Waals surface area contributed by atoms with E-state index in [9.17, 15) is 18.0 Å². The monoisotopic (exact) mass is 627 g/mol. The van der Waals surface area contributed by atoms with Crippen molar-refractivity contribution in [3.63, 3.8) is 0 Å². The smallest absolute Gasteiger partial charge is 0.264 e. The van der Waals surface area contributed by atoms with Gasteiger partial charge in [0.25, 0.3) is 10.0 Å². The average molecular weight is 628 g/mol. The van der Waals surface area contributed by atoms with E-state index in [1.807, 2.05) is 75.4 Å². The van der Waals surface area contributed by atoms with Crippen LogP contribution in [-0.4, -0.2) is 50.9 Å². The van der Waals surface area contributed by atoms with Gasteiger partial charge in [0, 0.05) is 19.5 Å². The molecule has 0 fully saturated rings. The molecule has 0 radical (unpaired) electrons. The SMILES string of the molecule is CCCNC(=O)C(Cc1ccccc1)N(Cc1cccc(C)c1)C(=O)CN(c1ccc(OCC)cc1)S(=O)(=O)c1ccccc1. The van der Waals surface area contributed by atoms with Crippen molar-refractivity contribution in [1.29, 1.82) is 0 Å². The predicted molar refractivity (Wildman–Crippen MR) is 178 cm³/mol. The lowest BCUT2D eigenvalue weighted by Crippen LogP contribution is -2.53. The number of rotatable bonds is 15. The summed E-state index contributed by atoms with van der Waals surface area (Å²) in [6.07, 6.45) is 0.999. The zero-order chi connectivity index (χ0) is 32.2. The number of amides is 2. The van der Waals surface area contributed by atoms with Gasteiger partial charge in [0.05, 0.1) is 17.2 Å². The van der Waals surface area contributed by atoms with Crippen LogP contribution in [0.25, 0.3) is 0 Å². The van der Waals surface area contributed by atoms with Crippen LogP contribution in [0.15, 0.2) is 114 Å². The van der Waals surface area contributed by atoms with Crippen LogP contribution in [0, 0.1) is 6.92 Å². The fourth-order valence-electron chi connectivity index (χ4n) is 5.05. The van der Waals surface area contributed by atoms with Gasteiger partial charge in [0.2, 0.25) is 11.8 Å². The van der Waals surface area contributed by atoms with Crippen molar-refractivity contribution in [2.75, 3.05) is 24.0 Å². The standard InChI is InChI=1S/C36H41N3O5S/c1-4-23-37-36(41)34(25-29-14-8-6-9-15-29)38(26-30-16-12-13-28(3)24-30)35(40)27-39(31-19-21-32(22-20-31)44-5-2)45(42,43)33-17-10-7-11-18-33/h6-22,24,34H,4-5,23,25-27H2,1-3H3,(H,37,41). The highest BCUT2D eigenvalue weighted by Crippen LogP contribution is 2.27. The molecule has 0 aromatic heterocycles. The summed E-state index contributed by atoms with van der Waals surface area (Å²) in [4.78, 5) is 29.8. The molecule has 45 heavy (non-hydrogen) atoms. The van der Waals surface area contributed by atoms with Crippen LogP contribution in [0.5, 0.6) is 5.75 Å². The third kappa shape index (κ3) is 8.95. The molecule has 0 aliphatic heterocycles. The molecule has 4 rings (SSSR count). The number of anilines is 1. The van der Waals surface area contributed by atoms with Gasteiger partial charge in [0.15, 0.2) is 0 Å². The van der Waals surface area contributed by atoms with Crippen molar-refractivity contribution in [2.24, 2.45) is 0 Å². The summed E-state index contributed by atoms with van der Waals surface area (Å²) in [5, 5.41) is 2.97. The van der Waals surface area contributed by atoms with E-state index in [0.29, 0.717) is 24.6 Å². The number of carbonyl (C=O) groups is 2. The molecule has 1 N–H and O–H groups in total. The van der Waals surface area contributed by atoms with Gasteiger partial charge in [-0.2, -0.15) is 0 Å². The molecule has 2 amide bonds. The highest BCUT2D eigenvalue weighted by molar-refractivity contribution is 7.92. The normalized spacial score (nSPS) is 11.8. The number of hydrogen-bond acceptors (Lipinski definition) is 5. The zero-order valence-electron chi connectivity index (χ0n) is 26.1. The number of nitrogens with zero attached hydrogens (tertiary/aromatic N) is 2. The third-order valence-electron chi connectivity index (χ3n) is 7.30. The number of aryl methyl sites for hydroxylation is 1. The minimum atomic E-state index is -4.16. The fraction of sp³-hybridized carbons (Fsp3) is 0.278. The Labute approximate surface area is 266 Å². The lowest BCUT2D eigenvalue weighted by Gasteiger charge is -2.34.